The van der Waals surface area contributed by atoms with Gasteiger partial charge in [-0.05, 0) is 12.1 Å². The number of halogens is 1. The molecule has 0 spiro atoms. The minimum absolute atomic E-state index is 0.0778. The number of aromatic carboxylic acids is 2. The molecule has 0 saturated carbocycles. The van der Waals surface area contributed by atoms with E-state index in [0.717, 1.165) is 4.40 Å². The van der Waals surface area contributed by atoms with E-state index in [-0.39, 0.29) is 22.1 Å². The van der Waals surface area contributed by atoms with E-state index in [1.165, 1.54) is 18.3 Å². The molecule has 2 aromatic rings. The Morgan fingerprint density at radius 3 is 2.56 bits per heavy atom. The summed E-state index contributed by atoms with van der Waals surface area (Å²) >= 11 is 5.81. The van der Waals surface area contributed by atoms with Crippen molar-refractivity contribution in [2.75, 3.05) is 0 Å². The molecule has 2 rings (SSSR count). The van der Waals surface area contributed by atoms with E-state index in [2.05, 4.69) is 4.98 Å². The Morgan fingerprint density at radius 2 is 2.00 bits per heavy atom. The van der Waals surface area contributed by atoms with Gasteiger partial charge in [-0.2, -0.15) is 0 Å². The zero-order valence-corrected chi connectivity index (χ0v) is 8.47. The first-order chi connectivity index (χ1) is 7.52. The highest BCUT2D eigenvalue weighted by Crippen LogP contribution is 2.22. The lowest BCUT2D eigenvalue weighted by Gasteiger charge is -1.97. The fraction of sp³-hybridized carbons (Fsp3) is 0. The molecule has 0 atom stereocenters. The Hall–Kier alpha value is -2.08. The van der Waals surface area contributed by atoms with Gasteiger partial charge in [-0.25, -0.2) is 14.6 Å². The largest absolute Gasteiger partial charge is 0.476 e. The molecule has 0 aliphatic carbocycles. The van der Waals surface area contributed by atoms with Crippen LogP contribution in [0.5, 0.6) is 0 Å². The molecule has 0 radical (unpaired) electrons. The molecule has 2 N–H and O–H groups in total. The molecule has 0 bridgehead atoms. The van der Waals surface area contributed by atoms with E-state index >= 15 is 0 Å². The first-order valence-corrected chi connectivity index (χ1v) is 4.53. The fourth-order valence-electron chi connectivity index (χ4n) is 1.40. The van der Waals surface area contributed by atoms with E-state index in [4.69, 9.17) is 21.8 Å². The number of pyridine rings is 1. The second-order valence-corrected chi connectivity index (χ2v) is 3.38. The Morgan fingerprint density at radius 1 is 1.31 bits per heavy atom. The third-order valence-corrected chi connectivity index (χ3v) is 2.31. The number of hydrogen-bond acceptors (Lipinski definition) is 3. The molecule has 7 heteroatoms. The smallest absolute Gasteiger partial charge is 0.372 e. The van der Waals surface area contributed by atoms with Crippen LogP contribution in [0.2, 0.25) is 5.02 Å². The highest BCUT2D eigenvalue weighted by molar-refractivity contribution is 6.34. The van der Waals surface area contributed by atoms with Gasteiger partial charge in [0, 0.05) is 6.20 Å². The predicted molar refractivity (Wildman–Crippen MR) is 54.1 cm³/mol. The summed E-state index contributed by atoms with van der Waals surface area (Å²) in [5, 5.41) is 17.9. The number of carboxylic acids is 2. The highest BCUT2D eigenvalue weighted by atomic mass is 35.5. The third-order valence-electron chi connectivity index (χ3n) is 2.01. The molecule has 2 aromatic heterocycles. The summed E-state index contributed by atoms with van der Waals surface area (Å²) in [5.74, 6) is -3.02. The molecule has 0 saturated heterocycles. The van der Waals surface area contributed by atoms with Crippen LogP contribution in [-0.4, -0.2) is 31.5 Å². The average Bonchev–Trinajstić information content (AvgIpc) is 2.58. The van der Waals surface area contributed by atoms with Crippen LogP contribution < -0.4 is 0 Å². The van der Waals surface area contributed by atoms with Gasteiger partial charge < -0.3 is 10.2 Å². The van der Waals surface area contributed by atoms with E-state index in [0.29, 0.717) is 0 Å². The lowest BCUT2D eigenvalue weighted by atomic mass is 10.3. The normalized spacial score (nSPS) is 10.6. The van der Waals surface area contributed by atoms with Crippen molar-refractivity contribution < 1.29 is 19.8 Å². The second-order valence-electron chi connectivity index (χ2n) is 2.97. The molecule has 0 unspecified atom stereocenters. The maximum Gasteiger partial charge on any atom is 0.372 e. The maximum absolute atomic E-state index is 10.9. The number of carbonyl (C=O) groups is 2. The van der Waals surface area contributed by atoms with Gasteiger partial charge in [0.15, 0.2) is 5.69 Å². The lowest BCUT2D eigenvalue weighted by molar-refractivity contribution is 0.0682. The molecule has 0 fully saturated rings. The first-order valence-electron chi connectivity index (χ1n) is 4.15. The molecular weight excluding hydrogens is 236 g/mol. The zero-order chi connectivity index (χ0) is 11.9. The number of fused-ring (bicyclic) bond motifs is 1. The van der Waals surface area contributed by atoms with Crippen LogP contribution in [0.4, 0.5) is 0 Å². The van der Waals surface area contributed by atoms with Crippen LogP contribution in [0.1, 0.15) is 21.1 Å². The van der Waals surface area contributed by atoms with Crippen molar-refractivity contribution in [1.29, 1.82) is 0 Å². The van der Waals surface area contributed by atoms with Gasteiger partial charge in [0.05, 0.1) is 10.5 Å². The number of imidazole rings is 1. The van der Waals surface area contributed by atoms with Gasteiger partial charge in [0.2, 0.25) is 5.82 Å². The summed E-state index contributed by atoms with van der Waals surface area (Å²) in [6, 6.07) is 2.98. The Bertz CT molecular complexity index is 605. The van der Waals surface area contributed by atoms with Crippen LogP contribution in [0.15, 0.2) is 18.3 Å². The van der Waals surface area contributed by atoms with Crippen molar-refractivity contribution in [3.05, 3.63) is 34.9 Å². The lowest BCUT2D eigenvalue weighted by Crippen LogP contribution is -2.03. The number of carboxylic acid groups (broad SMARTS) is 2. The molecule has 16 heavy (non-hydrogen) atoms. The predicted octanol–water partition coefficient (Wildman–Crippen LogP) is 1.38. The molecule has 0 aliphatic rings. The fourth-order valence-corrected chi connectivity index (χ4v) is 1.65. The van der Waals surface area contributed by atoms with Crippen molar-refractivity contribution in [2.45, 2.75) is 0 Å². The summed E-state index contributed by atoms with van der Waals surface area (Å²) < 4.78 is 1.13. The van der Waals surface area contributed by atoms with E-state index in [1.807, 2.05) is 0 Å². The van der Waals surface area contributed by atoms with Crippen LogP contribution in [0, 0.1) is 0 Å². The summed E-state index contributed by atoms with van der Waals surface area (Å²) in [7, 11) is 0. The van der Waals surface area contributed by atoms with Gasteiger partial charge in [0.25, 0.3) is 0 Å². The average molecular weight is 241 g/mol. The first kappa shape index (κ1) is 10.4. The van der Waals surface area contributed by atoms with Gasteiger partial charge in [-0.15, -0.1) is 0 Å². The quantitative estimate of drug-likeness (QED) is 0.827. The van der Waals surface area contributed by atoms with Crippen molar-refractivity contribution in [2.24, 2.45) is 0 Å². The van der Waals surface area contributed by atoms with Gasteiger partial charge in [0.1, 0.15) is 0 Å². The minimum Gasteiger partial charge on any atom is -0.476 e. The van der Waals surface area contributed by atoms with Crippen LogP contribution in [0.25, 0.3) is 5.52 Å². The molecule has 0 aromatic carbocycles. The Kier molecular flexibility index (Phi) is 2.28. The van der Waals surface area contributed by atoms with Gasteiger partial charge in [-0.1, -0.05) is 11.6 Å². The molecule has 0 aliphatic heterocycles. The van der Waals surface area contributed by atoms with E-state index in [1.54, 1.807) is 0 Å². The molecular formula is C9H5ClN2O4. The van der Waals surface area contributed by atoms with Crippen molar-refractivity contribution in [3.8, 4) is 0 Å². The summed E-state index contributed by atoms with van der Waals surface area (Å²) in [6.45, 7) is 0. The topological polar surface area (TPSA) is 91.9 Å². The number of hydrogen-bond donors (Lipinski definition) is 2. The third kappa shape index (κ3) is 1.40. The molecule has 0 amide bonds. The standard InChI is InChI=1S/C9H5ClN2O4/c10-4-2-1-3-12-6(4)5(8(13)14)11-7(12)9(15)16/h1-3H,(H,13,14)(H,15,16). The van der Waals surface area contributed by atoms with Crippen molar-refractivity contribution >= 4 is 29.1 Å². The van der Waals surface area contributed by atoms with Crippen LogP contribution in [-0.2, 0) is 0 Å². The zero-order valence-electron chi connectivity index (χ0n) is 7.72. The monoisotopic (exact) mass is 240 g/mol. The van der Waals surface area contributed by atoms with Crippen molar-refractivity contribution in [3.63, 3.8) is 0 Å². The van der Waals surface area contributed by atoms with Gasteiger partial charge >= 0.3 is 11.9 Å². The Balaban J connectivity index is 2.93. The number of rotatable bonds is 2. The van der Waals surface area contributed by atoms with E-state index < -0.39 is 11.9 Å². The maximum atomic E-state index is 10.9. The number of aromatic nitrogens is 2. The number of nitrogens with zero attached hydrogens (tertiary/aromatic N) is 2. The summed E-state index contributed by atoms with van der Waals surface area (Å²) in [5.41, 5.74) is -0.294. The van der Waals surface area contributed by atoms with E-state index in [9.17, 15) is 9.59 Å². The Labute approximate surface area is 93.7 Å². The summed E-state index contributed by atoms with van der Waals surface area (Å²) in [6.07, 6.45) is 1.39. The van der Waals surface area contributed by atoms with Crippen LogP contribution in [0.3, 0.4) is 0 Å². The van der Waals surface area contributed by atoms with Crippen LogP contribution >= 0.6 is 11.6 Å². The molecule has 6 nitrogen and oxygen atoms in total. The van der Waals surface area contributed by atoms with Gasteiger partial charge in [-0.3, -0.25) is 4.40 Å². The second kappa shape index (κ2) is 3.49. The summed E-state index contributed by atoms with van der Waals surface area (Å²) in [4.78, 5) is 25.2. The molecule has 2 heterocycles. The minimum atomic E-state index is -1.32. The van der Waals surface area contributed by atoms with Crippen molar-refractivity contribution in [1.82, 2.24) is 9.38 Å². The SMILES string of the molecule is O=C(O)c1nc(C(=O)O)n2cccc(Cl)c12. The highest BCUT2D eigenvalue weighted by Gasteiger charge is 2.22. The molecule has 82 valence electrons.